The van der Waals surface area contributed by atoms with Crippen molar-refractivity contribution in [3.63, 3.8) is 0 Å². The van der Waals surface area contributed by atoms with Gasteiger partial charge in [0.15, 0.2) is 0 Å². The van der Waals surface area contributed by atoms with Crippen LogP contribution in [0.1, 0.15) is 42.5 Å². The number of aliphatic carboxylic acids is 1. The summed E-state index contributed by atoms with van der Waals surface area (Å²) >= 11 is 0. The molecular weight excluding hydrogens is 453 g/mol. The zero-order valence-electron chi connectivity index (χ0n) is 19.1. The summed E-state index contributed by atoms with van der Waals surface area (Å²) in [5, 5.41) is 9.72. The van der Waals surface area contributed by atoms with E-state index in [0.29, 0.717) is 16.6 Å². The van der Waals surface area contributed by atoms with Crippen LogP contribution >= 0.6 is 0 Å². The van der Waals surface area contributed by atoms with E-state index in [9.17, 15) is 28.7 Å². The molecule has 2 aromatic carbocycles. The molecule has 1 heterocycles. The number of carboxylic acid groups (broad SMARTS) is 1. The first-order valence-corrected chi connectivity index (χ1v) is 11.5. The van der Waals surface area contributed by atoms with Crippen LogP contribution < -0.4 is 4.90 Å². The zero-order valence-corrected chi connectivity index (χ0v) is 19.1. The molecule has 1 aliphatic carbocycles. The maximum absolute atomic E-state index is 13.5. The summed E-state index contributed by atoms with van der Waals surface area (Å²) in [5.41, 5.74) is 0.978. The Morgan fingerprint density at radius 2 is 1.69 bits per heavy atom. The van der Waals surface area contributed by atoms with E-state index >= 15 is 0 Å². The summed E-state index contributed by atoms with van der Waals surface area (Å²) < 4.78 is 13.5. The monoisotopic (exact) mass is 479 g/mol. The van der Waals surface area contributed by atoms with E-state index in [4.69, 9.17) is 0 Å². The third kappa shape index (κ3) is 5.40. The van der Waals surface area contributed by atoms with Crippen molar-refractivity contribution in [1.82, 2.24) is 9.88 Å². The Hall–Kier alpha value is -4.01. The number of anilines is 1. The molecule has 0 unspecified atom stereocenters. The molecule has 9 heteroatoms. The second-order valence-corrected chi connectivity index (χ2v) is 8.67. The largest absolute Gasteiger partial charge is 0.480 e. The number of carboxylic acids is 1. The first-order chi connectivity index (χ1) is 16.8. The lowest BCUT2D eigenvalue weighted by Crippen LogP contribution is -2.50. The van der Waals surface area contributed by atoms with E-state index in [1.807, 2.05) is 18.2 Å². The Kier molecular flexibility index (Phi) is 7.24. The maximum atomic E-state index is 13.5. The number of amides is 2. The molecule has 1 fully saturated rings. The molecule has 2 amide bonds. The summed E-state index contributed by atoms with van der Waals surface area (Å²) in [7, 11) is 0. The van der Waals surface area contributed by atoms with Crippen LogP contribution in [-0.4, -0.2) is 57.7 Å². The number of hydrogen-bond donors (Lipinski definition) is 2. The van der Waals surface area contributed by atoms with Crippen molar-refractivity contribution in [2.24, 2.45) is 0 Å². The number of hydrogen-bond acceptors (Lipinski definition) is 4. The third-order valence-electron chi connectivity index (χ3n) is 6.27. The van der Waals surface area contributed by atoms with Crippen LogP contribution in [0.25, 0.3) is 10.9 Å². The minimum Gasteiger partial charge on any atom is -0.480 e. The highest BCUT2D eigenvalue weighted by Gasteiger charge is 2.33. The Morgan fingerprint density at radius 3 is 2.37 bits per heavy atom. The summed E-state index contributed by atoms with van der Waals surface area (Å²) in [6.07, 6.45) is 5.91. The lowest BCUT2D eigenvalue weighted by Gasteiger charge is -2.35. The van der Waals surface area contributed by atoms with Crippen molar-refractivity contribution in [3.05, 3.63) is 66.1 Å². The van der Waals surface area contributed by atoms with E-state index in [1.165, 1.54) is 18.3 Å². The first-order valence-electron chi connectivity index (χ1n) is 11.5. The predicted molar refractivity (Wildman–Crippen MR) is 128 cm³/mol. The van der Waals surface area contributed by atoms with E-state index in [1.54, 1.807) is 17.0 Å². The highest BCUT2D eigenvalue weighted by molar-refractivity contribution is 6.45. The van der Waals surface area contributed by atoms with Gasteiger partial charge in [-0.2, -0.15) is 0 Å². The second-order valence-electron chi connectivity index (χ2n) is 8.67. The number of benzene rings is 2. The normalized spacial score (nSPS) is 14.0. The molecule has 35 heavy (non-hydrogen) atoms. The SMILES string of the molecule is O=C(O)CN(CC(=O)N(c1ccccc1)C1CCCCC1)C(=O)C(=O)c1c[nH]c2cc(F)ccc12. The molecule has 2 N–H and O–H groups in total. The van der Waals surface area contributed by atoms with Crippen molar-refractivity contribution in [2.75, 3.05) is 18.0 Å². The van der Waals surface area contributed by atoms with Gasteiger partial charge in [-0.1, -0.05) is 37.5 Å². The van der Waals surface area contributed by atoms with Crippen LogP contribution in [0, 0.1) is 5.82 Å². The topological polar surface area (TPSA) is 111 Å². The number of carbonyl (C=O) groups excluding carboxylic acids is 3. The Bertz CT molecular complexity index is 1250. The average Bonchev–Trinajstić information content (AvgIpc) is 3.27. The van der Waals surface area contributed by atoms with Crippen molar-refractivity contribution in [2.45, 2.75) is 38.1 Å². The smallest absolute Gasteiger partial charge is 0.323 e. The van der Waals surface area contributed by atoms with Crippen molar-refractivity contribution < 1.29 is 28.7 Å². The van der Waals surface area contributed by atoms with Crippen LogP contribution in [0.2, 0.25) is 0 Å². The van der Waals surface area contributed by atoms with Crippen LogP contribution in [0.3, 0.4) is 0 Å². The molecule has 0 radical (unpaired) electrons. The highest BCUT2D eigenvalue weighted by Crippen LogP contribution is 2.28. The lowest BCUT2D eigenvalue weighted by molar-refractivity contribution is -0.143. The summed E-state index contributed by atoms with van der Waals surface area (Å²) in [6, 6.07) is 12.7. The number of carbonyl (C=O) groups is 4. The summed E-state index contributed by atoms with van der Waals surface area (Å²) in [5.74, 6) is -4.38. The fourth-order valence-electron chi connectivity index (χ4n) is 4.63. The summed E-state index contributed by atoms with van der Waals surface area (Å²) in [4.78, 5) is 56.3. The average molecular weight is 480 g/mol. The number of para-hydroxylation sites is 1. The van der Waals surface area contributed by atoms with Gasteiger partial charge in [-0.15, -0.1) is 0 Å². The molecule has 0 bridgehead atoms. The quantitative estimate of drug-likeness (QED) is 0.378. The minimum absolute atomic E-state index is 0.0139. The van der Waals surface area contributed by atoms with Crippen molar-refractivity contribution >= 4 is 40.2 Å². The molecule has 1 saturated carbocycles. The zero-order chi connectivity index (χ0) is 24.9. The molecule has 0 saturated heterocycles. The predicted octanol–water partition coefficient (Wildman–Crippen LogP) is 3.77. The van der Waals surface area contributed by atoms with E-state index in [2.05, 4.69) is 4.98 Å². The van der Waals surface area contributed by atoms with E-state index in [-0.39, 0.29) is 11.6 Å². The van der Waals surface area contributed by atoms with Gasteiger partial charge >= 0.3 is 5.97 Å². The lowest BCUT2D eigenvalue weighted by atomic mass is 9.93. The van der Waals surface area contributed by atoms with Crippen LogP contribution in [0.5, 0.6) is 0 Å². The number of nitrogens with zero attached hydrogens (tertiary/aromatic N) is 2. The molecule has 8 nitrogen and oxygen atoms in total. The van der Waals surface area contributed by atoms with Gasteiger partial charge in [0.05, 0.1) is 5.56 Å². The number of Topliss-reactive ketones (excluding diaryl/α,β-unsaturated/α-hetero) is 1. The Morgan fingerprint density at radius 1 is 0.971 bits per heavy atom. The van der Waals surface area contributed by atoms with E-state index in [0.717, 1.165) is 43.1 Å². The first kappa shape index (κ1) is 24.1. The third-order valence-corrected chi connectivity index (χ3v) is 6.27. The number of ketones is 1. The Labute approximate surface area is 201 Å². The molecule has 1 aliphatic rings. The van der Waals surface area contributed by atoms with Gasteiger partial charge in [-0.3, -0.25) is 19.2 Å². The van der Waals surface area contributed by atoms with Gasteiger partial charge < -0.3 is 19.9 Å². The fourth-order valence-corrected chi connectivity index (χ4v) is 4.63. The van der Waals surface area contributed by atoms with Crippen LogP contribution in [0.4, 0.5) is 10.1 Å². The number of halogens is 1. The maximum Gasteiger partial charge on any atom is 0.323 e. The molecule has 4 rings (SSSR count). The number of H-pyrrole nitrogens is 1. The number of rotatable bonds is 8. The molecule has 3 aromatic rings. The number of nitrogens with one attached hydrogen (secondary N) is 1. The van der Waals surface area contributed by atoms with Crippen LogP contribution in [-0.2, 0) is 14.4 Å². The molecule has 0 atom stereocenters. The van der Waals surface area contributed by atoms with Crippen molar-refractivity contribution in [3.8, 4) is 0 Å². The van der Waals surface area contributed by atoms with E-state index < -0.39 is 42.5 Å². The second kappa shape index (κ2) is 10.5. The molecule has 1 aromatic heterocycles. The highest BCUT2D eigenvalue weighted by atomic mass is 19.1. The van der Waals surface area contributed by atoms with Crippen molar-refractivity contribution in [1.29, 1.82) is 0 Å². The summed E-state index contributed by atoms with van der Waals surface area (Å²) in [6.45, 7) is -1.36. The fraction of sp³-hybridized carbons (Fsp3) is 0.308. The molecule has 0 spiro atoms. The van der Waals surface area contributed by atoms with Gasteiger partial charge in [0.2, 0.25) is 5.91 Å². The number of aromatic amines is 1. The standard InChI is InChI=1S/C26H26FN3O5/c27-17-11-12-20-21(14-28-22(20)13-17)25(34)26(35)29(16-24(32)33)15-23(31)30(18-7-3-1-4-8-18)19-9-5-2-6-10-19/h1,3-4,7-8,11-14,19,28H,2,5-6,9-10,15-16H2,(H,32,33). The van der Waals surface area contributed by atoms with Gasteiger partial charge in [0.1, 0.15) is 18.9 Å². The van der Waals surface area contributed by atoms with Gasteiger partial charge in [0, 0.05) is 28.8 Å². The number of aromatic nitrogens is 1. The molecule has 0 aliphatic heterocycles. The van der Waals surface area contributed by atoms with Gasteiger partial charge in [0.25, 0.3) is 11.7 Å². The van der Waals surface area contributed by atoms with Gasteiger partial charge in [-0.05, 0) is 43.2 Å². The minimum atomic E-state index is -1.34. The van der Waals surface area contributed by atoms with Crippen LogP contribution in [0.15, 0.2) is 54.7 Å². The molecule has 182 valence electrons. The Balaban J connectivity index is 1.60. The number of fused-ring (bicyclic) bond motifs is 1. The molecular formula is C26H26FN3O5. The van der Waals surface area contributed by atoms with Gasteiger partial charge in [-0.25, -0.2) is 4.39 Å².